The highest BCUT2D eigenvalue weighted by atomic mass is 16.5. The number of hydrogen-bond acceptors (Lipinski definition) is 6. The van der Waals surface area contributed by atoms with Gasteiger partial charge in [0.15, 0.2) is 6.61 Å². The highest BCUT2D eigenvalue weighted by molar-refractivity contribution is 5.97. The number of aromatic nitrogens is 2. The summed E-state index contributed by atoms with van der Waals surface area (Å²) in [5.41, 5.74) is 1.12. The van der Waals surface area contributed by atoms with Crippen molar-refractivity contribution in [2.45, 2.75) is 32.2 Å². The van der Waals surface area contributed by atoms with E-state index in [1.54, 1.807) is 41.0 Å². The highest BCUT2D eigenvalue weighted by Gasteiger charge is 2.16. The van der Waals surface area contributed by atoms with Crippen LogP contribution in [-0.2, 0) is 22.5 Å². The van der Waals surface area contributed by atoms with E-state index in [4.69, 9.17) is 9.47 Å². The van der Waals surface area contributed by atoms with Gasteiger partial charge in [-0.2, -0.15) is 0 Å². The first-order valence-electron chi connectivity index (χ1n) is 11.9. The molecule has 182 valence electrons. The van der Waals surface area contributed by atoms with Crippen LogP contribution in [0.2, 0.25) is 0 Å². The molecule has 8 heteroatoms. The van der Waals surface area contributed by atoms with Crippen molar-refractivity contribution in [1.29, 1.82) is 0 Å². The number of hydrogen-bond donors (Lipinski definition) is 1. The van der Waals surface area contributed by atoms with Crippen LogP contribution < -0.4 is 15.6 Å². The summed E-state index contributed by atoms with van der Waals surface area (Å²) in [5, 5.41) is 3.16. The number of ether oxygens (including phenoxy) is 2. The lowest BCUT2D eigenvalue weighted by atomic mass is 10.1. The van der Waals surface area contributed by atoms with Gasteiger partial charge in [-0.25, -0.2) is 9.78 Å². The topological polar surface area (TPSA) is 99.5 Å². The molecule has 1 aliphatic rings. The first-order chi connectivity index (χ1) is 17.6. The molecule has 0 atom stereocenters. The van der Waals surface area contributed by atoms with Crippen molar-refractivity contribution in [2.24, 2.45) is 0 Å². The molecular formula is C28H25N3O5. The number of rotatable bonds is 6. The number of nitrogens with one attached hydrogen (secondary N) is 1. The van der Waals surface area contributed by atoms with Crippen molar-refractivity contribution in [3.05, 3.63) is 94.5 Å². The van der Waals surface area contributed by atoms with Gasteiger partial charge in [0.2, 0.25) is 0 Å². The number of para-hydroxylation sites is 1. The van der Waals surface area contributed by atoms with Crippen LogP contribution in [0.1, 0.15) is 35.4 Å². The molecule has 0 spiro atoms. The Morgan fingerprint density at radius 1 is 0.917 bits per heavy atom. The minimum absolute atomic E-state index is 0.0883. The number of aryl methyl sites for hydroxylation is 1. The van der Waals surface area contributed by atoms with Crippen LogP contribution in [0.4, 0.5) is 5.69 Å². The summed E-state index contributed by atoms with van der Waals surface area (Å²) >= 11 is 0. The summed E-state index contributed by atoms with van der Waals surface area (Å²) in [5.74, 6) is 0.841. The van der Waals surface area contributed by atoms with Crippen molar-refractivity contribution >= 4 is 28.5 Å². The SMILES string of the molecule is O=C(COC(=O)c1ccc2c(=O)n3c(nc2c1)CCCCC3)Nc1cccc(Oc2ccccc2)c1. The Morgan fingerprint density at radius 2 is 1.75 bits per heavy atom. The van der Waals surface area contributed by atoms with E-state index in [0.29, 0.717) is 34.6 Å². The lowest BCUT2D eigenvalue weighted by Crippen LogP contribution is -2.25. The van der Waals surface area contributed by atoms with Gasteiger partial charge in [-0.3, -0.25) is 14.2 Å². The third-order valence-corrected chi connectivity index (χ3v) is 5.98. The predicted octanol–water partition coefficient (Wildman–Crippen LogP) is 4.71. The number of nitrogens with zero attached hydrogens (tertiary/aromatic N) is 2. The number of fused-ring (bicyclic) bond motifs is 2. The van der Waals surface area contributed by atoms with Gasteiger partial charge in [-0.05, 0) is 55.3 Å². The van der Waals surface area contributed by atoms with E-state index < -0.39 is 18.5 Å². The zero-order chi connectivity index (χ0) is 24.9. The molecule has 1 aliphatic heterocycles. The van der Waals surface area contributed by atoms with Crippen LogP contribution in [0.5, 0.6) is 11.5 Å². The Hall–Kier alpha value is -4.46. The van der Waals surface area contributed by atoms with E-state index in [1.165, 1.54) is 6.07 Å². The van der Waals surface area contributed by atoms with Gasteiger partial charge in [0.05, 0.1) is 16.5 Å². The molecule has 0 saturated heterocycles. The maximum Gasteiger partial charge on any atom is 0.338 e. The molecule has 1 aromatic heterocycles. The van der Waals surface area contributed by atoms with Crippen LogP contribution >= 0.6 is 0 Å². The summed E-state index contributed by atoms with van der Waals surface area (Å²) in [6.07, 6.45) is 3.73. The van der Waals surface area contributed by atoms with Crippen molar-refractivity contribution in [2.75, 3.05) is 11.9 Å². The Morgan fingerprint density at radius 3 is 2.61 bits per heavy atom. The molecule has 3 aromatic carbocycles. The number of anilines is 1. The van der Waals surface area contributed by atoms with Gasteiger partial charge in [0.1, 0.15) is 17.3 Å². The minimum Gasteiger partial charge on any atom is -0.457 e. The predicted molar refractivity (Wildman–Crippen MR) is 135 cm³/mol. The lowest BCUT2D eigenvalue weighted by molar-refractivity contribution is -0.119. The highest BCUT2D eigenvalue weighted by Crippen LogP contribution is 2.24. The molecule has 1 amide bonds. The maximum absolute atomic E-state index is 12.9. The van der Waals surface area contributed by atoms with Crippen LogP contribution in [0.25, 0.3) is 10.9 Å². The van der Waals surface area contributed by atoms with E-state index >= 15 is 0 Å². The second-order valence-corrected chi connectivity index (χ2v) is 8.59. The van der Waals surface area contributed by atoms with E-state index in [9.17, 15) is 14.4 Å². The largest absolute Gasteiger partial charge is 0.457 e. The number of benzene rings is 3. The van der Waals surface area contributed by atoms with Gasteiger partial charge in [-0.1, -0.05) is 30.7 Å². The molecular weight excluding hydrogens is 458 g/mol. The Bertz CT molecular complexity index is 1480. The third-order valence-electron chi connectivity index (χ3n) is 5.98. The van der Waals surface area contributed by atoms with Crippen molar-refractivity contribution in [3.63, 3.8) is 0 Å². The maximum atomic E-state index is 12.9. The second-order valence-electron chi connectivity index (χ2n) is 8.59. The quantitative estimate of drug-likeness (QED) is 0.399. The Balaban J connectivity index is 1.22. The monoisotopic (exact) mass is 483 g/mol. The average Bonchev–Trinajstić information content (AvgIpc) is 3.14. The Kier molecular flexibility index (Phi) is 6.75. The first-order valence-corrected chi connectivity index (χ1v) is 11.9. The van der Waals surface area contributed by atoms with Crippen LogP contribution in [0.15, 0.2) is 77.6 Å². The summed E-state index contributed by atoms with van der Waals surface area (Å²) in [4.78, 5) is 42.5. The molecule has 4 aromatic rings. The van der Waals surface area contributed by atoms with Crippen LogP contribution in [0, 0.1) is 0 Å². The molecule has 0 saturated carbocycles. The number of carbonyl (C=O) groups excluding carboxylic acids is 2. The zero-order valence-electron chi connectivity index (χ0n) is 19.6. The summed E-state index contributed by atoms with van der Waals surface area (Å²) in [6.45, 7) is 0.207. The smallest absolute Gasteiger partial charge is 0.338 e. The summed E-state index contributed by atoms with van der Waals surface area (Å²) in [6, 6.07) is 20.9. The molecule has 8 nitrogen and oxygen atoms in total. The molecule has 0 radical (unpaired) electrons. The number of esters is 1. The van der Waals surface area contributed by atoms with Crippen molar-refractivity contribution < 1.29 is 19.1 Å². The van der Waals surface area contributed by atoms with Gasteiger partial charge in [0, 0.05) is 24.7 Å². The van der Waals surface area contributed by atoms with Gasteiger partial charge >= 0.3 is 5.97 Å². The number of amides is 1. The fourth-order valence-corrected chi connectivity index (χ4v) is 4.22. The van der Waals surface area contributed by atoms with Gasteiger partial charge in [0.25, 0.3) is 11.5 Å². The average molecular weight is 484 g/mol. The molecule has 5 rings (SSSR count). The molecule has 0 fully saturated rings. The Labute approximate surface area is 207 Å². The van der Waals surface area contributed by atoms with E-state index in [-0.39, 0.29) is 11.1 Å². The van der Waals surface area contributed by atoms with Crippen molar-refractivity contribution in [1.82, 2.24) is 9.55 Å². The lowest BCUT2D eigenvalue weighted by Gasteiger charge is -2.11. The normalized spacial score (nSPS) is 12.9. The molecule has 0 unspecified atom stereocenters. The van der Waals surface area contributed by atoms with E-state index in [1.807, 2.05) is 30.3 Å². The zero-order valence-corrected chi connectivity index (χ0v) is 19.6. The van der Waals surface area contributed by atoms with E-state index in [2.05, 4.69) is 10.3 Å². The fourth-order valence-electron chi connectivity index (χ4n) is 4.22. The molecule has 1 N–H and O–H groups in total. The van der Waals surface area contributed by atoms with Gasteiger partial charge < -0.3 is 14.8 Å². The van der Waals surface area contributed by atoms with Crippen molar-refractivity contribution in [3.8, 4) is 11.5 Å². The summed E-state index contributed by atoms with van der Waals surface area (Å²) in [7, 11) is 0. The fraction of sp³-hybridized carbons (Fsp3) is 0.214. The number of carbonyl (C=O) groups is 2. The summed E-state index contributed by atoms with van der Waals surface area (Å²) < 4.78 is 12.7. The molecule has 2 heterocycles. The minimum atomic E-state index is -0.662. The van der Waals surface area contributed by atoms with E-state index in [0.717, 1.165) is 31.5 Å². The van der Waals surface area contributed by atoms with Gasteiger partial charge in [-0.15, -0.1) is 0 Å². The third kappa shape index (κ3) is 5.27. The standard InChI is InChI=1S/C28H25N3O5/c32-26(29-20-8-7-11-22(17-20)36-21-9-3-1-4-10-21)18-35-28(34)19-13-14-23-24(16-19)30-25-12-5-2-6-15-31(25)27(23)33/h1,3-4,7-11,13-14,16-17H,2,5-6,12,15,18H2,(H,29,32). The van der Waals surface area contributed by atoms with Crippen LogP contribution in [0.3, 0.4) is 0 Å². The van der Waals surface area contributed by atoms with Crippen LogP contribution in [-0.4, -0.2) is 28.0 Å². The second kappa shape index (κ2) is 10.4. The first kappa shape index (κ1) is 23.3. The molecule has 0 bridgehead atoms. The molecule has 0 aliphatic carbocycles. The molecule has 36 heavy (non-hydrogen) atoms.